The first-order valence-electron chi connectivity index (χ1n) is 8.79. The van der Waals surface area contributed by atoms with Crippen molar-refractivity contribution in [2.75, 3.05) is 5.73 Å². The zero-order chi connectivity index (χ0) is 18.8. The largest absolute Gasteiger partial charge is 0.471 e. The minimum absolute atomic E-state index is 0.205. The Kier molecular flexibility index (Phi) is 4.42. The lowest BCUT2D eigenvalue weighted by Gasteiger charge is -2.16. The van der Waals surface area contributed by atoms with Crippen LogP contribution >= 0.6 is 0 Å². The van der Waals surface area contributed by atoms with Crippen molar-refractivity contribution >= 4 is 16.9 Å². The average molecular weight is 356 g/mol. The van der Waals surface area contributed by atoms with E-state index in [1.54, 1.807) is 6.07 Å². The van der Waals surface area contributed by atoms with Crippen molar-refractivity contribution in [1.29, 1.82) is 0 Å². The zero-order valence-corrected chi connectivity index (χ0v) is 15.3. The number of aromatic nitrogens is 3. The number of hydrogen-bond donors (Lipinski definition) is 1. The Labute approximate surface area is 157 Å². The SMILES string of the molecule is Cc1cc(OCc2nc3ccccc3c(C)c2-c2ccccc2)nc(N)n1. The van der Waals surface area contributed by atoms with Crippen LogP contribution in [-0.2, 0) is 6.61 Å². The van der Waals surface area contributed by atoms with Crippen LogP contribution in [-0.4, -0.2) is 15.0 Å². The monoisotopic (exact) mass is 356 g/mol. The van der Waals surface area contributed by atoms with Gasteiger partial charge in [0.15, 0.2) is 0 Å². The molecule has 4 aromatic rings. The molecule has 0 unspecified atom stereocenters. The van der Waals surface area contributed by atoms with Gasteiger partial charge in [-0.15, -0.1) is 0 Å². The first-order chi connectivity index (χ1) is 13.1. The molecule has 2 heterocycles. The van der Waals surface area contributed by atoms with Crippen molar-refractivity contribution in [3.8, 4) is 17.0 Å². The summed E-state index contributed by atoms with van der Waals surface area (Å²) in [6.45, 7) is 4.28. The summed E-state index contributed by atoms with van der Waals surface area (Å²) in [5.74, 6) is 0.655. The number of hydrogen-bond acceptors (Lipinski definition) is 5. The average Bonchev–Trinajstić information content (AvgIpc) is 2.66. The summed E-state index contributed by atoms with van der Waals surface area (Å²) in [6.07, 6.45) is 0. The van der Waals surface area contributed by atoms with Gasteiger partial charge < -0.3 is 10.5 Å². The maximum atomic E-state index is 5.93. The molecule has 0 bridgehead atoms. The number of pyridine rings is 1. The normalized spacial score (nSPS) is 10.9. The molecule has 0 fully saturated rings. The quantitative estimate of drug-likeness (QED) is 0.584. The molecule has 2 aromatic carbocycles. The molecule has 0 saturated heterocycles. The summed E-state index contributed by atoms with van der Waals surface area (Å²) in [5.41, 5.74) is 11.7. The number of para-hydroxylation sites is 1. The molecule has 27 heavy (non-hydrogen) atoms. The highest BCUT2D eigenvalue weighted by atomic mass is 16.5. The Bertz CT molecular complexity index is 1090. The third-order valence-corrected chi connectivity index (χ3v) is 4.49. The first-order valence-corrected chi connectivity index (χ1v) is 8.79. The van der Waals surface area contributed by atoms with E-state index >= 15 is 0 Å². The summed E-state index contributed by atoms with van der Waals surface area (Å²) in [7, 11) is 0. The zero-order valence-electron chi connectivity index (χ0n) is 15.3. The number of fused-ring (bicyclic) bond motifs is 1. The van der Waals surface area contributed by atoms with Gasteiger partial charge in [0.05, 0.1) is 11.2 Å². The van der Waals surface area contributed by atoms with E-state index in [1.165, 1.54) is 5.56 Å². The van der Waals surface area contributed by atoms with Gasteiger partial charge in [-0.3, -0.25) is 0 Å². The molecule has 134 valence electrons. The predicted octanol–water partition coefficient (Wildman–Crippen LogP) is 4.47. The molecule has 0 atom stereocenters. The van der Waals surface area contributed by atoms with Crippen LogP contribution < -0.4 is 10.5 Å². The Hall–Kier alpha value is -3.47. The third kappa shape index (κ3) is 3.44. The van der Waals surface area contributed by atoms with Gasteiger partial charge in [0.25, 0.3) is 0 Å². The van der Waals surface area contributed by atoms with Crippen molar-refractivity contribution in [3.63, 3.8) is 0 Å². The molecular weight excluding hydrogens is 336 g/mol. The van der Waals surface area contributed by atoms with Crippen LogP contribution in [0.2, 0.25) is 0 Å². The molecule has 0 amide bonds. The highest BCUT2D eigenvalue weighted by molar-refractivity contribution is 5.89. The number of ether oxygens (including phenoxy) is 1. The molecule has 4 rings (SSSR count). The molecule has 0 radical (unpaired) electrons. The van der Waals surface area contributed by atoms with Crippen molar-refractivity contribution in [1.82, 2.24) is 15.0 Å². The summed E-state index contributed by atoms with van der Waals surface area (Å²) in [5, 5.41) is 1.14. The van der Waals surface area contributed by atoms with Gasteiger partial charge in [-0.05, 0) is 31.0 Å². The predicted molar refractivity (Wildman–Crippen MR) is 107 cm³/mol. The van der Waals surface area contributed by atoms with E-state index in [9.17, 15) is 0 Å². The number of benzene rings is 2. The van der Waals surface area contributed by atoms with E-state index in [2.05, 4.69) is 35.1 Å². The fraction of sp³-hybridized carbons (Fsp3) is 0.136. The second-order valence-corrected chi connectivity index (χ2v) is 6.44. The number of nitrogens with two attached hydrogens (primary N) is 1. The van der Waals surface area contributed by atoms with Gasteiger partial charge in [0.1, 0.15) is 6.61 Å². The Balaban J connectivity index is 1.80. The lowest BCUT2D eigenvalue weighted by molar-refractivity contribution is 0.290. The van der Waals surface area contributed by atoms with Crippen LogP contribution in [0.4, 0.5) is 5.95 Å². The second-order valence-electron chi connectivity index (χ2n) is 6.44. The molecule has 5 heteroatoms. The van der Waals surface area contributed by atoms with Gasteiger partial charge in [0.2, 0.25) is 11.8 Å². The fourth-order valence-electron chi connectivity index (χ4n) is 3.31. The molecule has 0 saturated carbocycles. The van der Waals surface area contributed by atoms with Crippen LogP contribution in [0.5, 0.6) is 5.88 Å². The van der Waals surface area contributed by atoms with Crippen LogP contribution in [0.1, 0.15) is 17.0 Å². The van der Waals surface area contributed by atoms with Crippen molar-refractivity contribution in [2.45, 2.75) is 20.5 Å². The van der Waals surface area contributed by atoms with Crippen LogP contribution in [0.15, 0.2) is 60.7 Å². The molecule has 2 aromatic heterocycles. The Morgan fingerprint density at radius 2 is 1.63 bits per heavy atom. The minimum atomic E-state index is 0.205. The standard InChI is InChI=1S/C22H20N4O/c1-14-12-20(26-22(23)24-14)27-13-19-21(16-8-4-3-5-9-16)15(2)17-10-6-7-11-18(17)25-19/h3-12H,13H2,1-2H3,(H2,23,24,26). The summed E-state index contributed by atoms with van der Waals surface area (Å²) >= 11 is 0. The molecule has 2 N–H and O–H groups in total. The van der Waals surface area contributed by atoms with E-state index in [0.717, 1.165) is 33.4 Å². The van der Waals surface area contributed by atoms with Gasteiger partial charge in [-0.25, -0.2) is 9.97 Å². The van der Waals surface area contributed by atoms with Gasteiger partial charge in [-0.1, -0.05) is 48.5 Å². The second kappa shape index (κ2) is 7.03. The Morgan fingerprint density at radius 1 is 0.889 bits per heavy atom. The highest BCUT2D eigenvalue weighted by Crippen LogP contribution is 2.32. The third-order valence-electron chi connectivity index (χ3n) is 4.49. The number of nitrogen functional groups attached to an aromatic ring is 1. The van der Waals surface area contributed by atoms with Crippen molar-refractivity contribution in [2.24, 2.45) is 0 Å². The summed E-state index contributed by atoms with van der Waals surface area (Å²) < 4.78 is 5.93. The summed E-state index contributed by atoms with van der Waals surface area (Å²) in [4.78, 5) is 13.1. The van der Waals surface area contributed by atoms with Crippen molar-refractivity contribution < 1.29 is 4.74 Å². The van der Waals surface area contributed by atoms with Crippen molar-refractivity contribution in [3.05, 3.63) is 77.6 Å². The van der Waals surface area contributed by atoms with Crippen LogP contribution in [0.25, 0.3) is 22.0 Å². The topological polar surface area (TPSA) is 73.9 Å². The van der Waals surface area contributed by atoms with Gasteiger partial charge in [0, 0.05) is 22.7 Å². The highest BCUT2D eigenvalue weighted by Gasteiger charge is 2.15. The van der Waals surface area contributed by atoms with E-state index < -0.39 is 0 Å². The van der Waals surface area contributed by atoms with Crippen LogP contribution in [0, 0.1) is 13.8 Å². The molecular formula is C22H20N4O. The van der Waals surface area contributed by atoms with Gasteiger partial charge in [-0.2, -0.15) is 4.98 Å². The van der Waals surface area contributed by atoms with E-state index in [0.29, 0.717) is 12.5 Å². The van der Waals surface area contributed by atoms with E-state index in [-0.39, 0.29) is 5.95 Å². The lowest BCUT2D eigenvalue weighted by Crippen LogP contribution is -2.06. The first kappa shape index (κ1) is 17.0. The molecule has 5 nitrogen and oxygen atoms in total. The molecule has 0 aliphatic carbocycles. The fourth-order valence-corrected chi connectivity index (χ4v) is 3.31. The minimum Gasteiger partial charge on any atom is -0.471 e. The number of rotatable bonds is 4. The molecule has 0 aliphatic heterocycles. The summed E-state index contributed by atoms with van der Waals surface area (Å²) in [6, 6.07) is 20.2. The Morgan fingerprint density at radius 3 is 2.41 bits per heavy atom. The molecule has 0 aliphatic rings. The number of nitrogens with zero attached hydrogens (tertiary/aromatic N) is 3. The van der Waals surface area contributed by atoms with E-state index in [1.807, 2.05) is 43.3 Å². The van der Waals surface area contributed by atoms with Crippen LogP contribution in [0.3, 0.4) is 0 Å². The number of aryl methyl sites for hydroxylation is 2. The number of anilines is 1. The van der Waals surface area contributed by atoms with Gasteiger partial charge >= 0.3 is 0 Å². The lowest BCUT2D eigenvalue weighted by atomic mass is 9.95. The maximum absolute atomic E-state index is 5.93. The maximum Gasteiger partial charge on any atom is 0.223 e. The smallest absolute Gasteiger partial charge is 0.223 e. The van der Waals surface area contributed by atoms with E-state index in [4.69, 9.17) is 15.5 Å². The molecule has 0 spiro atoms.